The van der Waals surface area contributed by atoms with Crippen LogP contribution in [0.3, 0.4) is 0 Å². The summed E-state index contributed by atoms with van der Waals surface area (Å²) in [6.07, 6.45) is -1.34. The monoisotopic (exact) mass is 374 g/mol. The lowest BCUT2D eigenvalue weighted by molar-refractivity contribution is -0.124. The van der Waals surface area contributed by atoms with E-state index in [1.165, 1.54) is 0 Å². The first-order valence-electron chi connectivity index (χ1n) is 6.83. The van der Waals surface area contributed by atoms with Crippen molar-refractivity contribution in [3.8, 4) is 11.4 Å². The summed E-state index contributed by atoms with van der Waals surface area (Å²) < 4.78 is 37.5. The van der Waals surface area contributed by atoms with Crippen molar-refractivity contribution in [2.45, 2.75) is 11.3 Å². The Morgan fingerprint density at radius 1 is 1.24 bits per heavy atom. The highest BCUT2D eigenvalue weighted by Gasteiger charge is 2.28. The summed E-state index contributed by atoms with van der Waals surface area (Å²) in [7, 11) is 1.70. The number of imide groups is 1. The Morgan fingerprint density at radius 2 is 1.92 bits per heavy atom. The Hall–Kier alpha value is -2.63. The molecule has 0 atom stereocenters. The summed E-state index contributed by atoms with van der Waals surface area (Å²) in [4.78, 5) is 26.7. The summed E-state index contributed by atoms with van der Waals surface area (Å²) in [5.74, 6) is -0.395. The third-order valence-corrected chi connectivity index (χ3v) is 3.83. The minimum absolute atomic E-state index is 0.207. The topological polar surface area (TPSA) is 102 Å². The predicted molar refractivity (Wildman–Crippen MR) is 82.6 cm³/mol. The molecule has 8 nitrogen and oxygen atoms in total. The first-order chi connectivity index (χ1) is 11.8. The van der Waals surface area contributed by atoms with Crippen molar-refractivity contribution >= 4 is 23.7 Å². The van der Waals surface area contributed by atoms with E-state index in [2.05, 4.69) is 15.2 Å². The SMILES string of the molecule is Cn1c(SCC(=O)NC(=O)NCC(F)(F)F)nnc1-c1ccncc1. The van der Waals surface area contributed by atoms with Gasteiger partial charge in [0.05, 0.1) is 5.75 Å². The van der Waals surface area contributed by atoms with Crippen LogP contribution in [0.4, 0.5) is 18.0 Å². The van der Waals surface area contributed by atoms with Gasteiger partial charge in [0.25, 0.3) is 0 Å². The normalized spacial score (nSPS) is 11.2. The van der Waals surface area contributed by atoms with E-state index >= 15 is 0 Å². The van der Waals surface area contributed by atoms with Gasteiger partial charge in [0.2, 0.25) is 5.91 Å². The molecule has 0 aromatic carbocycles. The molecule has 25 heavy (non-hydrogen) atoms. The Labute approximate surface area is 144 Å². The molecule has 0 saturated heterocycles. The van der Waals surface area contributed by atoms with Crippen molar-refractivity contribution in [2.24, 2.45) is 7.05 Å². The number of halogens is 3. The Bertz CT molecular complexity index is 750. The van der Waals surface area contributed by atoms with Gasteiger partial charge in [-0.15, -0.1) is 10.2 Å². The molecule has 0 aliphatic carbocycles. The fourth-order valence-corrected chi connectivity index (χ4v) is 2.42. The third kappa shape index (κ3) is 5.74. The Kier molecular flexibility index (Phi) is 5.96. The molecule has 0 bridgehead atoms. The smallest absolute Gasteiger partial charge is 0.329 e. The van der Waals surface area contributed by atoms with E-state index in [0.29, 0.717) is 11.0 Å². The maximum absolute atomic E-state index is 12.0. The molecule has 0 unspecified atom stereocenters. The highest BCUT2D eigenvalue weighted by Crippen LogP contribution is 2.21. The number of alkyl halides is 3. The zero-order valence-corrected chi connectivity index (χ0v) is 13.7. The zero-order chi connectivity index (χ0) is 18.4. The second-order valence-electron chi connectivity index (χ2n) is 4.74. The van der Waals surface area contributed by atoms with Gasteiger partial charge in [-0.1, -0.05) is 11.8 Å². The molecule has 2 heterocycles. The highest BCUT2D eigenvalue weighted by molar-refractivity contribution is 7.99. The van der Waals surface area contributed by atoms with Gasteiger partial charge in [0, 0.05) is 25.0 Å². The summed E-state index contributed by atoms with van der Waals surface area (Å²) in [5, 5.41) is 11.7. The zero-order valence-electron chi connectivity index (χ0n) is 12.9. The average molecular weight is 374 g/mol. The summed E-state index contributed by atoms with van der Waals surface area (Å²) in [6.45, 7) is -1.52. The van der Waals surface area contributed by atoms with Crippen LogP contribution in [0.2, 0.25) is 0 Å². The van der Waals surface area contributed by atoms with Crippen LogP contribution in [-0.4, -0.2) is 50.2 Å². The first-order valence-corrected chi connectivity index (χ1v) is 7.82. The van der Waals surface area contributed by atoms with Crippen LogP contribution in [0.5, 0.6) is 0 Å². The van der Waals surface area contributed by atoms with E-state index in [4.69, 9.17) is 0 Å². The van der Waals surface area contributed by atoms with Gasteiger partial charge in [0.1, 0.15) is 6.54 Å². The number of aromatic nitrogens is 4. The Balaban J connectivity index is 1.86. The molecule has 2 aromatic heterocycles. The third-order valence-electron chi connectivity index (χ3n) is 2.81. The number of pyridine rings is 1. The number of carbonyl (C=O) groups is 2. The van der Waals surface area contributed by atoms with Crippen LogP contribution in [0.25, 0.3) is 11.4 Å². The quantitative estimate of drug-likeness (QED) is 0.767. The van der Waals surface area contributed by atoms with Crippen LogP contribution in [-0.2, 0) is 11.8 Å². The molecule has 0 fully saturated rings. The second-order valence-corrected chi connectivity index (χ2v) is 5.68. The van der Waals surface area contributed by atoms with Gasteiger partial charge in [0.15, 0.2) is 11.0 Å². The fourth-order valence-electron chi connectivity index (χ4n) is 1.71. The molecule has 12 heteroatoms. The largest absolute Gasteiger partial charge is 0.405 e. The van der Waals surface area contributed by atoms with Crippen molar-refractivity contribution in [3.63, 3.8) is 0 Å². The molecule has 2 aromatic rings. The van der Waals surface area contributed by atoms with Crippen LogP contribution in [0.1, 0.15) is 0 Å². The average Bonchev–Trinajstić information content (AvgIpc) is 2.92. The number of carbonyl (C=O) groups excluding carboxylic acids is 2. The van der Waals surface area contributed by atoms with Gasteiger partial charge in [-0.2, -0.15) is 13.2 Å². The van der Waals surface area contributed by atoms with Crippen LogP contribution >= 0.6 is 11.8 Å². The summed E-state index contributed by atoms with van der Waals surface area (Å²) in [5.41, 5.74) is 0.785. The maximum Gasteiger partial charge on any atom is 0.405 e. The maximum atomic E-state index is 12.0. The molecular formula is C13H13F3N6O2S. The van der Waals surface area contributed by atoms with E-state index in [9.17, 15) is 22.8 Å². The molecule has 0 saturated carbocycles. The van der Waals surface area contributed by atoms with E-state index in [1.54, 1.807) is 46.8 Å². The first kappa shape index (κ1) is 18.7. The van der Waals surface area contributed by atoms with Crippen molar-refractivity contribution in [1.29, 1.82) is 0 Å². The predicted octanol–water partition coefficient (Wildman–Crippen LogP) is 1.36. The van der Waals surface area contributed by atoms with Crippen LogP contribution in [0, 0.1) is 0 Å². The molecule has 0 aliphatic rings. The van der Waals surface area contributed by atoms with E-state index < -0.39 is 24.7 Å². The van der Waals surface area contributed by atoms with Gasteiger partial charge >= 0.3 is 12.2 Å². The van der Waals surface area contributed by atoms with Gasteiger partial charge in [-0.3, -0.25) is 15.1 Å². The number of amides is 3. The van der Waals surface area contributed by atoms with Crippen molar-refractivity contribution in [2.75, 3.05) is 12.3 Å². The molecular weight excluding hydrogens is 361 g/mol. The summed E-state index contributed by atoms with van der Waals surface area (Å²) >= 11 is 0.996. The molecule has 2 N–H and O–H groups in total. The number of hydrogen-bond acceptors (Lipinski definition) is 6. The van der Waals surface area contributed by atoms with Gasteiger partial charge in [-0.25, -0.2) is 4.79 Å². The number of rotatable bonds is 5. The van der Waals surface area contributed by atoms with Crippen molar-refractivity contribution in [3.05, 3.63) is 24.5 Å². The molecule has 0 aliphatic heterocycles. The number of hydrogen-bond donors (Lipinski definition) is 2. The fraction of sp³-hybridized carbons (Fsp3) is 0.308. The van der Waals surface area contributed by atoms with E-state index in [-0.39, 0.29) is 5.75 Å². The number of urea groups is 1. The molecule has 3 amide bonds. The van der Waals surface area contributed by atoms with Crippen LogP contribution in [0.15, 0.2) is 29.7 Å². The van der Waals surface area contributed by atoms with E-state index in [1.807, 2.05) is 0 Å². The van der Waals surface area contributed by atoms with Crippen LogP contribution < -0.4 is 10.6 Å². The Morgan fingerprint density at radius 3 is 2.56 bits per heavy atom. The highest BCUT2D eigenvalue weighted by atomic mass is 32.2. The van der Waals surface area contributed by atoms with Gasteiger partial charge < -0.3 is 9.88 Å². The summed E-state index contributed by atoms with van der Waals surface area (Å²) in [6, 6.07) is 2.28. The number of thioether (sulfide) groups is 1. The molecule has 2 rings (SSSR count). The lowest BCUT2D eigenvalue weighted by Crippen LogP contribution is -2.43. The number of nitrogens with zero attached hydrogens (tertiary/aromatic N) is 4. The van der Waals surface area contributed by atoms with Crippen molar-refractivity contribution < 1.29 is 22.8 Å². The second kappa shape index (κ2) is 7.96. The minimum Gasteiger partial charge on any atom is -0.329 e. The lowest BCUT2D eigenvalue weighted by Gasteiger charge is -2.08. The van der Waals surface area contributed by atoms with Crippen molar-refractivity contribution in [1.82, 2.24) is 30.4 Å². The van der Waals surface area contributed by atoms with Gasteiger partial charge in [-0.05, 0) is 12.1 Å². The van der Waals surface area contributed by atoms with E-state index in [0.717, 1.165) is 17.3 Å². The minimum atomic E-state index is -4.54. The molecule has 0 radical (unpaired) electrons. The molecule has 134 valence electrons. The lowest BCUT2D eigenvalue weighted by atomic mass is 10.2. The number of nitrogens with one attached hydrogen (secondary N) is 2. The molecule has 0 spiro atoms. The standard InChI is InChI=1S/C13H13F3N6O2S/c1-22-10(8-2-4-17-5-3-8)20-21-12(22)25-6-9(23)19-11(24)18-7-13(14,15)16/h2-5H,6-7H2,1H3,(H2,18,19,23,24).